The van der Waals surface area contributed by atoms with Gasteiger partial charge in [0.2, 0.25) is 17.7 Å². The molecule has 0 spiro atoms. The molecule has 39 heavy (non-hydrogen) atoms. The van der Waals surface area contributed by atoms with Crippen LogP contribution >= 0.6 is 0 Å². The van der Waals surface area contributed by atoms with E-state index in [0.717, 1.165) is 16.7 Å². The van der Waals surface area contributed by atoms with Crippen LogP contribution in [0.5, 0.6) is 0 Å². The number of nitrogens with zero attached hydrogens (tertiary/aromatic N) is 1. The first-order valence-electron chi connectivity index (χ1n) is 13.3. The van der Waals surface area contributed by atoms with Crippen LogP contribution in [0.2, 0.25) is 0 Å². The van der Waals surface area contributed by atoms with Crippen LogP contribution in [0.25, 0.3) is 0 Å². The van der Waals surface area contributed by atoms with E-state index in [1.807, 2.05) is 69.3 Å². The fourth-order valence-electron chi connectivity index (χ4n) is 4.20. The summed E-state index contributed by atoms with van der Waals surface area (Å²) in [6, 6.07) is 13.1. The SMILES string of the molecule is CCCN(C(=O)C(CCC(N)=O)NC(=O)OC(C)(C)C)C(C(=O)NCc1ccccc1)c1cccc(C)c1C. The molecule has 0 saturated heterocycles. The smallest absolute Gasteiger partial charge is 0.408 e. The average molecular weight is 539 g/mol. The molecule has 0 fully saturated rings. The van der Waals surface area contributed by atoms with Crippen molar-refractivity contribution in [3.63, 3.8) is 0 Å². The molecule has 2 unspecified atom stereocenters. The van der Waals surface area contributed by atoms with Gasteiger partial charge < -0.3 is 26.0 Å². The minimum absolute atomic E-state index is 0.0290. The van der Waals surface area contributed by atoms with Crippen molar-refractivity contribution < 1.29 is 23.9 Å². The Labute approximate surface area is 231 Å². The van der Waals surface area contributed by atoms with E-state index in [1.54, 1.807) is 20.8 Å². The first-order chi connectivity index (χ1) is 18.3. The lowest BCUT2D eigenvalue weighted by atomic mass is 9.94. The van der Waals surface area contributed by atoms with E-state index in [-0.39, 0.29) is 31.8 Å². The van der Waals surface area contributed by atoms with E-state index in [1.165, 1.54) is 4.90 Å². The molecule has 212 valence electrons. The number of ether oxygens (including phenoxy) is 1. The number of benzene rings is 2. The zero-order chi connectivity index (χ0) is 29.2. The standard InChI is InChI=1S/C30H42N4O5/c1-7-18-34(28(37)24(16-17-25(31)35)33-29(38)39-30(4,5)6)26(23-15-11-12-20(2)21(23)3)27(36)32-19-22-13-9-8-10-14-22/h8-15,24,26H,7,16-19H2,1-6H3,(H2,31,35)(H,32,36)(H,33,38). The second kappa shape index (κ2) is 14.3. The van der Waals surface area contributed by atoms with E-state index in [9.17, 15) is 19.2 Å². The van der Waals surface area contributed by atoms with Crippen LogP contribution in [-0.4, -0.2) is 46.9 Å². The van der Waals surface area contributed by atoms with Gasteiger partial charge in [0.1, 0.15) is 17.7 Å². The molecular weight excluding hydrogens is 496 g/mol. The van der Waals surface area contributed by atoms with Gasteiger partial charge in [-0.2, -0.15) is 0 Å². The van der Waals surface area contributed by atoms with Crippen molar-refractivity contribution in [2.75, 3.05) is 6.54 Å². The summed E-state index contributed by atoms with van der Waals surface area (Å²) in [5.41, 5.74) is 8.06. The van der Waals surface area contributed by atoms with Gasteiger partial charge >= 0.3 is 6.09 Å². The number of nitrogens with two attached hydrogens (primary N) is 1. The molecule has 4 amide bonds. The molecule has 0 heterocycles. The summed E-state index contributed by atoms with van der Waals surface area (Å²) >= 11 is 0. The van der Waals surface area contributed by atoms with Crippen LogP contribution in [0.3, 0.4) is 0 Å². The fourth-order valence-corrected chi connectivity index (χ4v) is 4.20. The zero-order valence-electron chi connectivity index (χ0n) is 23.9. The number of hydrogen-bond acceptors (Lipinski definition) is 5. The van der Waals surface area contributed by atoms with Gasteiger partial charge in [0.15, 0.2) is 0 Å². The normalized spacial score (nSPS) is 12.7. The molecule has 2 aromatic carbocycles. The zero-order valence-corrected chi connectivity index (χ0v) is 23.9. The van der Waals surface area contributed by atoms with Crippen LogP contribution < -0.4 is 16.4 Å². The van der Waals surface area contributed by atoms with Gasteiger partial charge in [-0.15, -0.1) is 0 Å². The summed E-state index contributed by atoms with van der Waals surface area (Å²) in [6.45, 7) is 11.4. The van der Waals surface area contributed by atoms with Gasteiger partial charge in [0, 0.05) is 19.5 Å². The Bertz CT molecular complexity index is 1140. The largest absolute Gasteiger partial charge is 0.444 e. The van der Waals surface area contributed by atoms with E-state index in [2.05, 4.69) is 10.6 Å². The van der Waals surface area contributed by atoms with Crippen molar-refractivity contribution in [2.45, 2.75) is 85.0 Å². The van der Waals surface area contributed by atoms with Crippen molar-refractivity contribution in [1.82, 2.24) is 15.5 Å². The van der Waals surface area contributed by atoms with Gasteiger partial charge in [0.25, 0.3) is 0 Å². The number of alkyl carbamates (subject to hydrolysis) is 1. The minimum Gasteiger partial charge on any atom is -0.444 e. The van der Waals surface area contributed by atoms with Crippen molar-refractivity contribution in [2.24, 2.45) is 5.73 Å². The molecule has 0 aliphatic carbocycles. The molecule has 9 nitrogen and oxygen atoms in total. The topological polar surface area (TPSA) is 131 Å². The van der Waals surface area contributed by atoms with Crippen LogP contribution in [0.4, 0.5) is 4.79 Å². The Balaban J connectivity index is 2.49. The lowest BCUT2D eigenvalue weighted by Crippen LogP contribution is -2.53. The Hall–Kier alpha value is -3.88. The van der Waals surface area contributed by atoms with E-state index in [4.69, 9.17) is 10.5 Å². The molecule has 2 rings (SSSR count). The highest BCUT2D eigenvalue weighted by Crippen LogP contribution is 2.28. The van der Waals surface area contributed by atoms with Gasteiger partial charge in [-0.25, -0.2) is 4.79 Å². The third-order valence-electron chi connectivity index (χ3n) is 6.23. The number of primary amides is 1. The van der Waals surface area contributed by atoms with Crippen molar-refractivity contribution >= 4 is 23.8 Å². The van der Waals surface area contributed by atoms with Gasteiger partial charge in [-0.3, -0.25) is 14.4 Å². The summed E-state index contributed by atoms with van der Waals surface area (Å²) in [7, 11) is 0. The number of nitrogens with one attached hydrogen (secondary N) is 2. The first-order valence-corrected chi connectivity index (χ1v) is 13.3. The quantitative estimate of drug-likeness (QED) is 0.375. The van der Waals surface area contributed by atoms with E-state index >= 15 is 0 Å². The second-order valence-electron chi connectivity index (χ2n) is 10.6. The predicted molar refractivity (Wildman–Crippen MR) is 151 cm³/mol. The highest BCUT2D eigenvalue weighted by atomic mass is 16.6. The number of hydrogen-bond donors (Lipinski definition) is 3. The van der Waals surface area contributed by atoms with Gasteiger partial charge in [-0.05, 0) is 69.7 Å². The third-order valence-corrected chi connectivity index (χ3v) is 6.23. The summed E-state index contributed by atoms with van der Waals surface area (Å²) < 4.78 is 5.36. The summed E-state index contributed by atoms with van der Waals surface area (Å²) in [5, 5.41) is 5.58. The van der Waals surface area contributed by atoms with E-state index in [0.29, 0.717) is 12.0 Å². The molecule has 0 aliphatic rings. The summed E-state index contributed by atoms with van der Waals surface area (Å²) in [5.74, 6) is -1.45. The maximum atomic E-state index is 14.1. The van der Waals surface area contributed by atoms with Crippen LogP contribution in [0.15, 0.2) is 48.5 Å². The highest BCUT2D eigenvalue weighted by molar-refractivity contribution is 5.92. The molecule has 0 bridgehead atoms. The molecule has 9 heteroatoms. The summed E-state index contributed by atoms with van der Waals surface area (Å²) in [4.78, 5) is 53.6. The summed E-state index contributed by atoms with van der Waals surface area (Å²) in [6.07, 6.45) is -0.383. The Morgan fingerprint density at radius 1 is 1.00 bits per heavy atom. The molecular formula is C30H42N4O5. The Morgan fingerprint density at radius 3 is 2.26 bits per heavy atom. The number of aryl methyl sites for hydroxylation is 1. The lowest BCUT2D eigenvalue weighted by Gasteiger charge is -2.35. The fraction of sp³-hybridized carbons (Fsp3) is 0.467. The van der Waals surface area contributed by atoms with Crippen LogP contribution in [0, 0.1) is 13.8 Å². The van der Waals surface area contributed by atoms with Gasteiger partial charge in [0.05, 0.1) is 0 Å². The van der Waals surface area contributed by atoms with Crippen LogP contribution in [-0.2, 0) is 25.7 Å². The highest BCUT2D eigenvalue weighted by Gasteiger charge is 2.36. The van der Waals surface area contributed by atoms with Gasteiger partial charge in [-0.1, -0.05) is 55.5 Å². The third kappa shape index (κ3) is 9.74. The monoisotopic (exact) mass is 538 g/mol. The molecule has 0 aliphatic heterocycles. The Kier molecular flexibility index (Phi) is 11.5. The molecule has 0 aromatic heterocycles. The number of carbonyl (C=O) groups excluding carboxylic acids is 4. The average Bonchev–Trinajstić information content (AvgIpc) is 2.86. The van der Waals surface area contributed by atoms with Crippen molar-refractivity contribution in [3.8, 4) is 0 Å². The molecule has 2 aromatic rings. The Morgan fingerprint density at radius 2 is 1.67 bits per heavy atom. The van der Waals surface area contributed by atoms with Crippen molar-refractivity contribution in [3.05, 3.63) is 70.8 Å². The number of amides is 4. The first kappa shape index (κ1) is 31.3. The minimum atomic E-state index is -1.12. The molecule has 0 radical (unpaired) electrons. The maximum absolute atomic E-state index is 14.1. The second-order valence-corrected chi connectivity index (χ2v) is 10.6. The van der Waals surface area contributed by atoms with Crippen LogP contribution in [0.1, 0.15) is 75.3 Å². The molecule has 0 saturated carbocycles. The predicted octanol–water partition coefficient (Wildman–Crippen LogP) is 4.06. The van der Waals surface area contributed by atoms with E-state index < -0.39 is 35.6 Å². The number of rotatable bonds is 12. The molecule has 2 atom stereocenters. The lowest BCUT2D eigenvalue weighted by molar-refractivity contribution is -0.142. The number of carbonyl (C=O) groups is 4. The molecule has 4 N–H and O–H groups in total. The maximum Gasteiger partial charge on any atom is 0.408 e. The van der Waals surface area contributed by atoms with Crippen molar-refractivity contribution in [1.29, 1.82) is 0 Å².